The van der Waals surface area contributed by atoms with Gasteiger partial charge in [-0.3, -0.25) is 4.57 Å². The van der Waals surface area contributed by atoms with Crippen molar-refractivity contribution in [2.45, 2.75) is 52.4 Å². The molecule has 0 aliphatic rings. The Morgan fingerprint density at radius 1 is 0.853 bits per heavy atom. The molecule has 0 bridgehead atoms. The van der Waals surface area contributed by atoms with E-state index >= 15 is 0 Å². The summed E-state index contributed by atoms with van der Waals surface area (Å²) in [6.07, 6.45) is 0. The van der Waals surface area contributed by atoms with Crippen molar-refractivity contribution in [3.63, 3.8) is 0 Å². The molecule has 0 aliphatic heterocycles. The summed E-state index contributed by atoms with van der Waals surface area (Å²) < 4.78 is 7.42. The first-order valence-electron chi connectivity index (χ1n) is 11.2. The molecule has 0 saturated carbocycles. The Kier molecular flexibility index (Phi) is 5.81. The van der Waals surface area contributed by atoms with Crippen LogP contribution in [0.1, 0.15) is 52.7 Å². The summed E-state index contributed by atoms with van der Waals surface area (Å²) in [5, 5.41) is 22.6. The van der Waals surface area contributed by atoms with Crippen LogP contribution in [0.3, 0.4) is 0 Å². The molecular formula is C28H31ClN2O3. The highest BCUT2D eigenvalue weighted by Crippen LogP contribution is 2.43. The van der Waals surface area contributed by atoms with Gasteiger partial charge in [0.15, 0.2) is 0 Å². The minimum Gasteiger partial charge on any atom is -0.507 e. The third-order valence-corrected chi connectivity index (χ3v) is 6.27. The van der Waals surface area contributed by atoms with Crippen molar-refractivity contribution in [3.8, 4) is 34.3 Å². The van der Waals surface area contributed by atoms with Crippen LogP contribution < -0.4 is 4.74 Å². The van der Waals surface area contributed by atoms with E-state index in [1.165, 1.54) is 0 Å². The lowest BCUT2D eigenvalue weighted by Gasteiger charge is -2.28. The van der Waals surface area contributed by atoms with E-state index in [0.29, 0.717) is 33.4 Å². The lowest BCUT2D eigenvalue weighted by Crippen LogP contribution is -2.18. The molecule has 1 heterocycles. The van der Waals surface area contributed by atoms with Gasteiger partial charge < -0.3 is 14.9 Å². The van der Waals surface area contributed by atoms with Crippen LogP contribution in [0.15, 0.2) is 48.5 Å². The van der Waals surface area contributed by atoms with E-state index in [-0.39, 0.29) is 16.6 Å². The largest absolute Gasteiger partial charge is 0.507 e. The molecule has 6 heteroatoms. The Morgan fingerprint density at radius 3 is 2.03 bits per heavy atom. The van der Waals surface area contributed by atoms with Crippen LogP contribution >= 0.6 is 11.6 Å². The zero-order chi connectivity index (χ0) is 25.0. The summed E-state index contributed by atoms with van der Waals surface area (Å²) >= 11 is 6.29. The number of ether oxygens (including phenoxy) is 1. The average molecular weight is 479 g/mol. The van der Waals surface area contributed by atoms with Gasteiger partial charge in [-0.25, -0.2) is 4.98 Å². The predicted molar refractivity (Wildman–Crippen MR) is 139 cm³/mol. The summed E-state index contributed by atoms with van der Waals surface area (Å²) in [5.74, 6) is 1.57. The van der Waals surface area contributed by atoms with Crippen LogP contribution in [0.2, 0.25) is 5.02 Å². The lowest BCUT2D eigenvalue weighted by atomic mass is 9.79. The van der Waals surface area contributed by atoms with E-state index in [4.69, 9.17) is 21.3 Å². The molecule has 5 nitrogen and oxygen atoms in total. The SMILES string of the molecule is COc1ccc(O)c(-c2nc3cc(Cl)ccc3n2-c2cc(C(C)(C)C)c(O)c(C(C)(C)C)c2)c1. The van der Waals surface area contributed by atoms with E-state index < -0.39 is 0 Å². The summed E-state index contributed by atoms with van der Waals surface area (Å²) in [4.78, 5) is 4.86. The molecule has 3 aromatic carbocycles. The number of imidazole rings is 1. The molecule has 34 heavy (non-hydrogen) atoms. The Hall–Kier alpha value is -3.18. The molecule has 0 saturated heterocycles. The van der Waals surface area contributed by atoms with Gasteiger partial charge in [0.25, 0.3) is 0 Å². The second-order valence-corrected chi connectivity index (χ2v) is 11.1. The third kappa shape index (κ3) is 4.21. The average Bonchev–Trinajstić information content (AvgIpc) is 3.10. The van der Waals surface area contributed by atoms with E-state index in [0.717, 1.165) is 22.3 Å². The molecule has 0 amide bonds. The Labute approximate surface area is 205 Å². The van der Waals surface area contributed by atoms with Crippen LogP contribution in [-0.2, 0) is 10.8 Å². The number of aromatic nitrogens is 2. The highest BCUT2D eigenvalue weighted by molar-refractivity contribution is 6.31. The first-order chi connectivity index (χ1) is 15.8. The fourth-order valence-corrected chi connectivity index (χ4v) is 4.37. The van der Waals surface area contributed by atoms with Crippen molar-refractivity contribution in [2.75, 3.05) is 7.11 Å². The number of fused-ring (bicyclic) bond motifs is 1. The number of halogens is 1. The molecule has 0 radical (unpaired) electrons. The number of methoxy groups -OCH3 is 1. The van der Waals surface area contributed by atoms with E-state index in [2.05, 4.69) is 41.5 Å². The second-order valence-electron chi connectivity index (χ2n) is 10.7. The van der Waals surface area contributed by atoms with Crippen LogP contribution in [0, 0.1) is 0 Å². The predicted octanol–water partition coefficient (Wildman–Crippen LogP) is 7.36. The molecule has 2 N–H and O–H groups in total. The number of nitrogens with zero attached hydrogens (tertiary/aromatic N) is 2. The molecule has 0 fully saturated rings. The van der Waals surface area contributed by atoms with Gasteiger partial charge in [-0.15, -0.1) is 0 Å². The minimum absolute atomic E-state index is 0.0920. The molecule has 1 aromatic heterocycles. The lowest BCUT2D eigenvalue weighted by molar-refractivity contribution is 0.412. The van der Waals surface area contributed by atoms with Gasteiger partial charge in [0.05, 0.1) is 23.7 Å². The molecule has 0 atom stereocenters. The van der Waals surface area contributed by atoms with Crippen molar-refractivity contribution in [3.05, 3.63) is 64.7 Å². The van der Waals surface area contributed by atoms with E-state index in [1.807, 2.05) is 34.9 Å². The van der Waals surface area contributed by atoms with Gasteiger partial charge in [0.2, 0.25) is 0 Å². The van der Waals surface area contributed by atoms with Gasteiger partial charge in [0.1, 0.15) is 23.1 Å². The number of aromatic hydroxyl groups is 2. The van der Waals surface area contributed by atoms with Gasteiger partial charge in [-0.1, -0.05) is 53.1 Å². The maximum absolute atomic E-state index is 11.2. The van der Waals surface area contributed by atoms with Gasteiger partial charge in [0, 0.05) is 21.8 Å². The fourth-order valence-electron chi connectivity index (χ4n) is 4.21. The Bertz CT molecular complexity index is 1360. The normalized spacial score (nSPS) is 12.4. The van der Waals surface area contributed by atoms with Crippen LogP contribution in [0.4, 0.5) is 0 Å². The van der Waals surface area contributed by atoms with Crippen molar-refractivity contribution < 1.29 is 14.9 Å². The smallest absolute Gasteiger partial charge is 0.149 e. The third-order valence-electron chi connectivity index (χ3n) is 6.03. The molecular weight excluding hydrogens is 448 g/mol. The summed E-state index contributed by atoms with van der Waals surface area (Å²) in [6.45, 7) is 12.5. The van der Waals surface area contributed by atoms with Gasteiger partial charge in [-0.2, -0.15) is 0 Å². The number of phenols is 2. The second kappa shape index (κ2) is 8.24. The highest BCUT2D eigenvalue weighted by atomic mass is 35.5. The summed E-state index contributed by atoms with van der Waals surface area (Å²) in [7, 11) is 1.59. The van der Waals surface area contributed by atoms with Gasteiger partial charge >= 0.3 is 0 Å². The van der Waals surface area contributed by atoms with Crippen molar-refractivity contribution in [1.29, 1.82) is 0 Å². The Balaban J connectivity index is 2.14. The molecule has 0 unspecified atom stereocenters. The van der Waals surface area contributed by atoms with E-state index in [9.17, 15) is 10.2 Å². The molecule has 0 aliphatic carbocycles. The number of rotatable bonds is 3. The van der Waals surface area contributed by atoms with Crippen molar-refractivity contribution >= 4 is 22.6 Å². The maximum Gasteiger partial charge on any atom is 0.149 e. The first kappa shape index (κ1) is 24.0. The first-order valence-corrected chi connectivity index (χ1v) is 11.6. The standard InChI is InChI=1S/C28H31ClN2O3/c1-27(2,3)20-13-17(14-21(25(20)33)28(4,5)6)31-23-10-8-16(29)12-22(23)30-26(31)19-15-18(34-7)9-11-24(19)32/h8-15,32-33H,1-7H3. The molecule has 0 spiro atoms. The summed E-state index contributed by atoms with van der Waals surface area (Å²) in [6, 6.07) is 14.6. The quantitative estimate of drug-likeness (QED) is 0.322. The van der Waals surface area contributed by atoms with Crippen LogP contribution in [-0.4, -0.2) is 26.9 Å². The monoisotopic (exact) mass is 478 g/mol. The highest BCUT2D eigenvalue weighted by Gasteiger charge is 2.28. The molecule has 4 aromatic rings. The van der Waals surface area contributed by atoms with Crippen molar-refractivity contribution in [2.24, 2.45) is 0 Å². The van der Waals surface area contributed by atoms with E-state index in [1.54, 1.807) is 25.3 Å². The Morgan fingerprint density at radius 2 is 1.47 bits per heavy atom. The van der Waals surface area contributed by atoms with Crippen LogP contribution in [0.5, 0.6) is 17.2 Å². The number of hydrogen-bond donors (Lipinski definition) is 2. The maximum atomic E-state index is 11.2. The zero-order valence-electron chi connectivity index (χ0n) is 20.7. The topological polar surface area (TPSA) is 67.5 Å². The number of phenolic OH excluding ortho intramolecular Hbond substituents is 2. The van der Waals surface area contributed by atoms with Gasteiger partial charge in [-0.05, 0) is 59.4 Å². The molecule has 4 rings (SSSR count). The fraction of sp³-hybridized carbons (Fsp3) is 0.321. The zero-order valence-corrected chi connectivity index (χ0v) is 21.4. The number of benzene rings is 3. The number of hydrogen-bond acceptors (Lipinski definition) is 4. The minimum atomic E-state index is -0.294. The summed E-state index contributed by atoms with van der Waals surface area (Å²) in [5.41, 5.74) is 4.01. The van der Waals surface area contributed by atoms with Crippen LogP contribution in [0.25, 0.3) is 28.1 Å². The molecule has 178 valence electrons. The van der Waals surface area contributed by atoms with Crippen molar-refractivity contribution in [1.82, 2.24) is 9.55 Å².